The molecule has 0 bridgehead atoms. The van der Waals surface area contributed by atoms with E-state index in [1.54, 1.807) is 0 Å². The molecular formula is C8H16N2. The summed E-state index contributed by atoms with van der Waals surface area (Å²) in [5.74, 6) is 1.36. The minimum absolute atomic E-state index is 0.257. The Hall–Kier alpha value is -0.880. The number of hydrogen-bond acceptors (Lipinski definition) is 2. The summed E-state index contributed by atoms with van der Waals surface area (Å²) in [7, 11) is 0. The van der Waals surface area contributed by atoms with Gasteiger partial charge in [-0.25, -0.2) is 0 Å². The third-order valence-corrected chi connectivity index (χ3v) is 1.56. The molecule has 4 N–H and O–H groups in total. The van der Waals surface area contributed by atoms with Crippen LogP contribution in [0.5, 0.6) is 0 Å². The number of nitrogens with two attached hydrogens (primary N) is 2. The van der Waals surface area contributed by atoms with Gasteiger partial charge < -0.3 is 11.5 Å². The van der Waals surface area contributed by atoms with Gasteiger partial charge in [0.1, 0.15) is 5.82 Å². The zero-order chi connectivity index (χ0) is 8.15. The second-order valence-corrected chi connectivity index (χ2v) is 2.87. The quantitative estimate of drug-likeness (QED) is 0.566. The van der Waals surface area contributed by atoms with E-state index in [4.69, 9.17) is 11.5 Å². The van der Waals surface area contributed by atoms with Crippen molar-refractivity contribution in [3.05, 3.63) is 17.6 Å². The van der Waals surface area contributed by atoms with Crippen molar-refractivity contribution >= 4 is 0 Å². The standard InChI is InChI=1S/C8H16N2/c1-6(2)7(3)4-5-8(9)10/h4,6-7H,9-10H2,1-3H3. The van der Waals surface area contributed by atoms with E-state index in [9.17, 15) is 0 Å². The molecule has 0 rings (SSSR count). The summed E-state index contributed by atoms with van der Waals surface area (Å²) >= 11 is 0. The molecular weight excluding hydrogens is 124 g/mol. The smallest absolute Gasteiger partial charge is 0.138 e. The Kier molecular flexibility index (Phi) is 3.67. The lowest BCUT2D eigenvalue weighted by Crippen LogP contribution is -2.06. The van der Waals surface area contributed by atoms with Gasteiger partial charge in [-0.3, -0.25) is 0 Å². The van der Waals surface area contributed by atoms with Crippen LogP contribution in [0.15, 0.2) is 17.6 Å². The monoisotopic (exact) mass is 140 g/mol. The van der Waals surface area contributed by atoms with Crippen molar-refractivity contribution < 1.29 is 0 Å². The van der Waals surface area contributed by atoms with Crippen molar-refractivity contribution in [1.29, 1.82) is 0 Å². The molecule has 0 aliphatic carbocycles. The Morgan fingerprint density at radius 1 is 1.30 bits per heavy atom. The summed E-state index contributed by atoms with van der Waals surface area (Å²) < 4.78 is 0. The van der Waals surface area contributed by atoms with Gasteiger partial charge in [-0.15, -0.1) is 0 Å². The summed E-state index contributed by atoms with van der Waals surface area (Å²) in [6, 6.07) is 0. The van der Waals surface area contributed by atoms with Crippen LogP contribution in [0, 0.1) is 11.8 Å². The van der Waals surface area contributed by atoms with Crippen LogP contribution in [0.1, 0.15) is 20.8 Å². The molecule has 0 saturated carbocycles. The summed E-state index contributed by atoms with van der Waals surface area (Å²) in [6.45, 7) is 6.41. The molecule has 1 unspecified atom stereocenters. The van der Waals surface area contributed by atoms with Gasteiger partial charge >= 0.3 is 0 Å². The Bertz CT molecular complexity index is 149. The van der Waals surface area contributed by atoms with Gasteiger partial charge in [0.2, 0.25) is 0 Å². The summed E-state index contributed by atoms with van der Waals surface area (Å²) in [6.07, 6.45) is 1.90. The van der Waals surface area contributed by atoms with E-state index in [2.05, 4.69) is 26.5 Å². The van der Waals surface area contributed by atoms with E-state index < -0.39 is 0 Å². The molecule has 0 radical (unpaired) electrons. The predicted octanol–water partition coefficient (Wildman–Crippen LogP) is 1.19. The molecule has 2 nitrogen and oxygen atoms in total. The molecule has 0 aliphatic rings. The molecule has 1 atom stereocenters. The maximum Gasteiger partial charge on any atom is 0.138 e. The number of hydrogen-bond donors (Lipinski definition) is 2. The molecule has 0 saturated heterocycles. The van der Waals surface area contributed by atoms with Crippen LogP contribution in [-0.4, -0.2) is 0 Å². The Morgan fingerprint density at radius 2 is 1.80 bits per heavy atom. The van der Waals surface area contributed by atoms with Crippen molar-refractivity contribution in [2.45, 2.75) is 20.8 Å². The molecule has 58 valence electrons. The van der Waals surface area contributed by atoms with Crippen LogP contribution in [0.3, 0.4) is 0 Å². The molecule has 2 heteroatoms. The van der Waals surface area contributed by atoms with Crippen LogP contribution < -0.4 is 11.5 Å². The first-order valence-corrected chi connectivity index (χ1v) is 3.51. The second kappa shape index (κ2) is 4.02. The van der Waals surface area contributed by atoms with Crippen LogP contribution >= 0.6 is 0 Å². The van der Waals surface area contributed by atoms with Crippen LogP contribution in [0.2, 0.25) is 0 Å². The van der Waals surface area contributed by atoms with Gasteiger partial charge in [-0.1, -0.05) is 26.5 Å². The highest BCUT2D eigenvalue weighted by molar-refractivity contribution is 4.94. The fourth-order valence-corrected chi connectivity index (χ4v) is 0.420. The maximum atomic E-state index is 5.19. The highest BCUT2D eigenvalue weighted by Crippen LogP contribution is 2.09. The van der Waals surface area contributed by atoms with Crippen LogP contribution in [0.4, 0.5) is 0 Å². The Labute approximate surface area is 62.6 Å². The summed E-state index contributed by atoms with van der Waals surface area (Å²) in [5, 5.41) is 0. The van der Waals surface area contributed by atoms with Gasteiger partial charge in [0.15, 0.2) is 0 Å². The lowest BCUT2D eigenvalue weighted by Gasteiger charge is -2.07. The topological polar surface area (TPSA) is 52.0 Å². The average Bonchev–Trinajstić information content (AvgIpc) is 1.82. The van der Waals surface area contributed by atoms with Gasteiger partial charge in [0.05, 0.1) is 0 Å². The minimum Gasteiger partial charge on any atom is -0.379 e. The molecule has 0 aromatic rings. The third kappa shape index (κ3) is 4.04. The molecule has 0 aromatic heterocycles. The first kappa shape index (κ1) is 9.12. The molecule has 10 heavy (non-hydrogen) atoms. The molecule has 0 spiro atoms. The summed E-state index contributed by atoms with van der Waals surface area (Å²) in [4.78, 5) is 0. The minimum atomic E-state index is 0.257. The van der Waals surface area contributed by atoms with Crippen molar-refractivity contribution in [2.24, 2.45) is 23.3 Å². The fraction of sp³-hybridized carbons (Fsp3) is 0.625. The van der Waals surface area contributed by atoms with Gasteiger partial charge in [-0.2, -0.15) is 0 Å². The molecule has 0 amide bonds. The van der Waals surface area contributed by atoms with E-state index in [0.29, 0.717) is 11.8 Å². The van der Waals surface area contributed by atoms with E-state index in [1.165, 1.54) is 0 Å². The highest BCUT2D eigenvalue weighted by atomic mass is 14.8. The lowest BCUT2D eigenvalue weighted by molar-refractivity contribution is 0.504. The first-order valence-electron chi connectivity index (χ1n) is 3.51. The van der Waals surface area contributed by atoms with Crippen LogP contribution in [-0.2, 0) is 0 Å². The zero-order valence-corrected chi connectivity index (χ0v) is 6.89. The van der Waals surface area contributed by atoms with Crippen molar-refractivity contribution in [3.63, 3.8) is 0 Å². The molecule has 0 aromatic carbocycles. The Balaban J connectivity index is 4.02. The largest absolute Gasteiger partial charge is 0.379 e. The fourth-order valence-electron chi connectivity index (χ4n) is 0.420. The maximum absolute atomic E-state index is 5.19. The van der Waals surface area contributed by atoms with Gasteiger partial charge in [0, 0.05) is 0 Å². The van der Waals surface area contributed by atoms with Crippen molar-refractivity contribution in [1.82, 2.24) is 0 Å². The second-order valence-electron chi connectivity index (χ2n) is 2.87. The number of rotatable bonds is 2. The van der Waals surface area contributed by atoms with E-state index in [0.717, 1.165) is 0 Å². The summed E-state index contributed by atoms with van der Waals surface area (Å²) in [5.41, 5.74) is 13.2. The van der Waals surface area contributed by atoms with Gasteiger partial charge in [0.25, 0.3) is 0 Å². The van der Waals surface area contributed by atoms with E-state index in [-0.39, 0.29) is 5.82 Å². The van der Waals surface area contributed by atoms with E-state index in [1.807, 2.05) is 6.08 Å². The normalized spacial score (nSPS) is 12.4. The average molecular weight is 140 g/mol. The zero-order valence-electron chi connectivity index (χ0n) is 6.89. The molecule has 0 fully saturated rings. The first-order chi connectivity index (χ1) is 4.54. The lowest BCUT2D eigenvalue weighted by atomic mass is 9.98. The van der Waals surface area contributed by atoms with Gasteiger partial charge in [-0.05, 0) is 17.9 Å². The Morgan fingerprint density at radius 3 is 2.10 bits per heavy atom. The molecule has 0 heterocycles. The molecule has 0 aliphatic heterocycles. The van der Waals surface area contributed by atoms with Crippen LogP contribution in [0.25, 0.3) is 0 Å². The number of allylic oxidation sites excluding steroid dienone is 1. The third-order valence-electron chi connectivity index (χ3n) is 1.56. The van der Waals surface area contributed by atoms with Crippen molar-refractivity contribution in [2.75, 3.05) is 0 Å². The SMILES string of the molecule is CC(C)C(C)C=C=C(N)N. The van der Waals surface area contributed by atoms with E-state index >= 15 is 0 Å². The highest BCUT2D eigenvalue weighted by Gasteiger charge is 2.00. The van der Waals surface area contributed by atoms with Crippen molar-refractivity contribution in [3.8, 4) is 0 Å². The predicted molar refractivity (Wildman–Crippen MR) is 44.0 cm³/mol.